The summed E-state index contributed by atoms with van der Waals surface area (Å²) in [7, 11) is 2.08. The maximum atomic E-state index is 6.24. The third-order valence-electron chi connectivity index (χ3n) is 3.93. The molecular formula is C15H19N3. The van der Waals surface area contributed by atoms with Gasteiger partial charge in [0.05, 0.1) is 11.4 Å². The number of aromatic nitrogens is 2. The smallest absolute Gasteiger partial charge is 0.140 e. The third-order valence-corrected chi connectivity index (χ3v) is 3.93. The summed E-state index contributed by atoms with van der Waals surface area (Å²) >= 11 is 0. The number of hydrogen-bond acceptors (Lipinski definition) is 2. The van der Waals surface area contributed by atoms with E-state index in [0.29, 0.717) is 5.92 Å². The van der Waals surface area contributed by atoms with Gasteiger partial charge < -0.3 is 10.3 Å². The number of hydrogen-bond donors (Lipinski definition) is 1. The van der Waals surface area contributed by atoms with Gasteiger partial charge in [0.25, 0.3) is 0 Å². The van der Waals surface area contributed by atoms with E-state index in [-0.39, 0.29) is 6.04 Å². The van der Waals surface area contributed by atoms with Crippen LogP contribution in [0, 0.1) is 0 Å². The lowest BCUT2D eigenvalue weighted by atomic mass is 9.88. The first kappa shape index (κ1) is 11.5. The number of nitrogens with two attached hydrogens (primary N) is 1. The van der Waals surface area contributed by atoms with Crippen molar-refractivity contribution in [2.24, 2.45) is 12.8 Å². The highest BCUT2D eigenvalue weighted by Gasteiger charge is 2.28. The molecule has 0 fully saturated rings. The second kappa shape index (κ2) is 4.25. The van der Waals surface area contributed by atoms with Crippen molar-refractivity contribution < 1.29 is 0 Å². The highest BCUT2D eigenvalue weighted by molar-refractivity contribution is 5.57. The molecule has 1 heterocycles. The molecule has 1 aromatic carbocycles. The zero-order valence-corrected chi connectivity index (χ0v) is 10.9. The molecule has 94 valence electrons. The van der Waals surface area contributed by atoms with E-state index in [1.165, 1.54) is 11.4 Å². The number of fused-ring (bicyclic) bond motifs is 1. The van der Waals surface area contributed by atoms with Gasteiger partial charge in [0.15, 0.2) is 0 Å². The zero-order valence-electron chi connectivity index (χ0n) is 10.9. The van der Waals surface area contributed by atoms with E-state index >= 15 is 0 Å². The van der Waals surface area contributed by atoms with Crippen molar-refractivity contribution in [3.05, 3.63) is 41.7 Å². The maximum Gasteiger partial charge on any atom is 0.140 e. The molecule has 2 aromatic rings. The Hall–Kier alpha value is -1.61. The van der Waals surface area contributed by atoms with Gasteiger partial charge >= 0.3 is 0 Å². The minimum atomic E-state index is 0.131. The summed E-state index contributed by atoms with van der Waals surface area (Å²) in [5.74, 6) is 1.55. The second-order valence-electron chi connectivity index (χ2n) is 5.22. The van der Waals surface area contributed by atoms with Crippen molar-refractivity contribution in [1.82, 2.24) is 9.55 Å². The summed E-state index contributed by atoms with van der Waals surface area (Å²) in [5, 5.41) is 0. The summed E-state index contributed by atoms with van der Waals surface area (Å²) in [6.45, 7) is 2.24. The van der Waals surface area contributed by atoms with Gasteiger partial charge in [0.2, 0.25) is 0 Å². The quantitative estimate of drug-likeness (QED) is 0.834. The SMILES string of the molecule is CC1CCC(N)c2c1nc(-c1ccccc1)n2C. The zero-order chi connectivity index (χ0) is 12.7. The Labute approximate surface area is 108 Å². The van der Waals surface area contributed by atoms with Crippen molar-refractivity contribution in [2.45, 2.75) is 31.7 Å². The van der Waals surface area contributed by atoms with Gasteiger partial charge in [-0.3, -0.25) is 0 Å². The van der Waals surface area contributed by atoms with Crippen LogP contribution in [0.15, 0.2) is 30.3 Å². The molecule has 0 radical (unpaired) electrons. The van der Waals surface area contributed by atoms with Gasteiger partial charge in [-0.2, -0.15) is 0 Å². The van der Waals surface area contributed by atoms with Gasteiger partial charge in [-0.15, -0.1) is 0 Å². The van der Waals surface area contributed by atoms with Gasteiger partial charge in [0.1, 0.15) is 5.82 Å². The Balaban J connectivity index is 2.17. The summed E-state index contributed by atoms with van der Waals surface area (Å²) in [5.41, 5.74) is 9.81. The molecule has 0 saturated carbocycles. The molecule has 1 aliphatic rings. The summed E-state index contributed by atoms with van der Waals surface area (Å²) in [6, 6.07) is 10.5. The summed E-state index contributed by atoms with van der Waals surface area (Å²) in [4.78, 5) is 4.83. The number of benzene rings is 1. The van der Waals surface area contributed by atoms with Crippen LogP contribution in [0.4, 0.5) is 0 Å². The number of imidazole rings is 1. The Bertz CT molecular complexity index is 557. The summed E-state index contributed by atoms with van der Waals surface area (Å²) < 4.78 is 2.17. The maximum absolute atomic E-state index is 6.24. The lowest BCUT2D eigenvalue weighted by molar-refractivity contribution is 0.487. The monoisotopic (exact) mass is 241 g/mol. The molecule has 0 amide bonds. The molecule has 3 heteroatoms. The van der Waals surface area contributed by atoms with Crippen molar-refractivity contribution >= 4 is 0 Å². The van der Waals surface area contributed by atoms with Gasteiger partial charge in [0, 0.05) is 24.6 Å². The van der Waals surface area contributed by atoms with Crippen LogP contribution in [-0.2, 0) is 7.05 Å². The highest BCUT2D eigenvalue weighted by atomic mass is 15.1. The van der Waals surface area contributed by atoms with Gasteiger partial charge in [-0.05, 0) is 12.8 Å². The molecule has 0 bridgehead atoms. The Kier molecular flexibility index (Phi) is 2.71. The van der Waals surface area contributed by atoms with Crippen molar-refractivity contribution in [2.75, 3.05) is 0 Å². The van der Waals surface area contributed by atoms with Crippen LogP contribution in [0.3, 0.4) is 0 Å². The van der Waals surface area contributed by atoms with Crippen LogP contribution in [0.25, 0.3) is 11.4 Å². The van der Waals surface area contributed by atoms with Crippen LogP contribution in [0.1, 0.15) is 43.1 Å². The molecule has 0 aliphatic heterocycles. The second-order valence-corrected chi connectivity index (χ2v) is 5.22. The predicted molar refractivity (Wildman–Crippen MR) is 73.2 cm³/mol. The molecule has 1 aliphatic carbocycles. The largest absolute Gasteiger partial charge is 0.329 e. The molecule has 0 spiro atoms. The fourth-order valence-electron chi connectivity index (χ4n) is 2.88. The first-order valence-electron chi connectivity index (χ1n) is 6.56. The lowest BCUT2D eigenvalue weighted by Gasteiger charge is -2.23. The lowest BCUT2D eigenvalue weighted by Crippen LogP contribution is -2.21. The van der Waals surface area contributed by atoms with Crippen molar-refractivity contribution in [3.63, 3.8) is 0 Å². The Morgan fingerprint density at radius 1 is 1.22 bits per heavy atom. The number of rotatable bonds is 1. The van der Waals surface area contributed by atoms with E-state index < -0.39 is 0 Å². The Morgan fingerprint density at radius 3 is 2.61 bits per heavy atom. The molecule has 2 N–H and O–H groups in total. The van der Waals surface area contributed by atoms with Gasteiger partial charge in [-0.25, -0.2) is 4.98 Å². The van der Waals surface area contributed by atoms with Crippen LogP contribution < -0.4 is 5.73 Å². The third kappa shape index (κ3) is 1.66. The molecule has 18 heavy (non-hydrogen) atoms. The van der Waals surface area contributed by atoms with Crippen LogP contribution in [0.2, 0.25) is 0 Å². The molecule has 2 atom stereocenters. The van der Waals surface area contributed by atoms with Crippen LogP contribution in [0.5, 0.6) is 0 Å². The molecule has 0 saturated heterocycles. The molecule has 3 nitrogen and oxygen atoms in total. The predicted octanol–water partition coefficient (Wildman–Crippen LogP) is 2.98. The number of nitrogens with zero attached hydrogens (tertiary/aromatic N) is 2. The summed E-state index contributed by atoms with van der Waals surface area (Å²) in [6.07, 6.45) is 2.20. The van der Waals surface area contributed by atoms with E-state index in [4.69, 9.17) is 10.7 Å². The van der Waals surface area contributed by atoms with Gasteiger partial charge in [-0.1, -0.05) is 37.3 Å². The molecule has 1 aromatic heterocycles. The minimum absolute atomic E-state index is 0.131. The fourth-order valence-corrected chi connectivity index (χ4v) is 2.88. The molecular weight excluding hydrogens is 222 g/mol. The molecule has 3 rings (SSSR count). The fraction of sp³-hybridized carbons (Fsp3) is 0.400. The Morgan fingerprint density at radius 2 is 1.94 bits per heavy atom. The highest BCUT2D eigenvalue weighted by Crippen LogP contribution is 2.37. The van der Waals surface area contributed by atoms with Crippen molar-refractivity contribution in [1.29, 1.82) is 0 Å². The topological polar surface area (TPSA) is 43.8 Å². The first-order chi connectivity index (χ1) is 8.68. The average Bonchev–Trinajstić information content (AvgIpc) is 2.74. The molecule has 2 unspecified atom stereocenters. The van der Waals surface area contributed by atoms with Crippen molar-refractivity contribution in [3.8, 4) is 11.4 Å². The van der Waals surface area contributed by atoms with E-state index in [2.05, 4.69) is 30.7 Å². The normalized spacial score (nSPS) is 22.8. The minimum Gasteiger partial charge on any atom is -0.329 e. The van der Waals surface area contributed by atoms with Crippen LogP contribution in [-0.4, -0.2) is 9.55 Å². The van der Waals surface area contributed by atoms with E-state index in [1.807, 2.05) is 18.2 Å². The first-order valence-corrected chi connectivity index (χ1v) is 6.56. The average molecular weight is 241 g/mol. The van der Waals surface area contributed by atoms with E-state index in [1.54, 1.807) is 0 Å². The van der Waals surface area contributed by atoms with Crippen LogP contribution >= 0.6 is 0 Å². The van der Waals surface area contributed by atoms with E-state index in [0.717, 1.165) is 24.2 Å². The standard InChI is InChI=1S/C15H19N3/c1-10-8-9-12(16)14-13(10)17-15(18(14)2)11-6-4-3-5-7-11/h3-7,10,12H,8-9,16H2,1-2H3. The van der Waals surface area contributed by atoms with E-state index in [9.17, 15) is 0 Å².